The first kappa shape index (κ1) is 16.1. The van der Waals surface area contributed by atoms with Gasteiger partial charge >= 0.3 is 0 Å². The molecule has 21 heavy (non-hydrogen) atoms. The molecular weight excluding hydrogens is 282 g/mol. The average molecular weight is 305 g/mol. The lowest BCUT2D eigenvalue weighted by Gasteiger charge is -2.17. The van der Waals surface area contributed by atoms with Crippen molar-refractivity contribution in [1.82, 2.24) is 15.3 Å². The molecule has 114 valence electrons. The van der Waals surface area contributed by atoms with Gasteiger partial charge in [0.15, 0.2) is 0 Å². The monoisotopic (exact) mass is 305 g/mol. The molecule has 4 nitrogen and oxygen atoms in total. The van der Waals surface area contributed by atoms with Crippen LogP contribution in [0.15, 0.2) is 24.5 Å². The van der Waals surface area contributed by atoms with Crippen molar-refractivity contribution in [2.75, 3.05) is 20.3 Å². The summed E-state index contributed by atoms with van der Waals surface area (Å²) in [5.41, 5.74) is 2.28. The molecule has 0 atom stereocenters. The molecule has 0 amide bonds. The highest BCUT2D eigenvalue weighted by atomic mass is 32.1. The van der Waals surface area contributed by atoms with Gasteiger partial charge in [0.2, 0.25) is 0 Å². The summed E-state index contributed by atoms with van der Waals surface area (Å²) in [7, 11) is 1.72. The minimum atomic E-state index is 0.0369. The molecule has 2 heterocycles. The third-order valence-electron chi connectivity index (χ3n) is 3.08. The van der Waals surface area contributed by atoms with Crippen LogP contribution in [0.1, 0.15) is 31.3 Å². The molecule has 0 radical (unpaired) electrons. The van der Waals surface area contributed by atoms with E-state index in [1.807, 2.05) is 12.3 Å². The average Bonchev–Trinajstić information content (AvgIpc) is 2.89. The van der Waals surface area contributed by atoms with Gasteiger partial charge in [0.1, 0.15) is 5.01 Å². The second kappa shape index (κ2) is 7.11. The Bertz CT molecular complexity index is 561. The summed E-state index contributed by atoms with van der Waals surface area (Å²) in [5.74, 6) is 0. The molecule has 0 spiro atoms. The molecule has 2 aromatic rings. The van der Waals surface area contributed by atoms with E-state index in [2.05, 4.69) is 37.1 Å². The van der Waals surface area contributed by atoms with Crippen LogP contribution in [0.25, 0.3) is 10.6 Å². The smallest absolute Gasteiger partial charge is 0.125 e. The lowest BCUT2D eigenvalue weighted by atomic mass is 9.91. The van der Waals surface area contributed by atoms with Gasteiger partial charge < -0.3 is 10.1 Å². The van der Waals surface area contributed by atoms with E-state index in [-0.39, 0.29) is 5.41 Å². The highest BCUT2D eigenvalue weighted by Crippen LogP contribution is 2.34. The first-order chi connectivity index (χ1) is 10.0. The fourth-order valence-corrected chi connectivity index (χ4v) is 3.28. The van der Waals surface area contributed by atoms with Crippen LogP contribution in [0.5, 0.6) is 0 Å². The summed E-state index contributed by atoms with van der Waals surface area (Å²) in [6, 6.07) is 4.00. The number of aromatic nitrogens is 2. The Morgan fingerprint density at radius 1 is 1.33 bits per heavy atom. The predicted molar refractivity (Wildman–Crippen MR) is 87.6 cm³/mol. The van der Waals surface area contributed by atoms with E-state index in [0.29, 0.717) is 0 Å². The summed E-state index contributed by atoms with van der Waals surface area (Å²) in [6.07, 6.45) is 3.66. The van der Waals surface area contributed by atoms with Crippen molar-refractivity contribution in [3.8, 4) is 10.6 Å². The molecule has 0 saturated heterocycles. The second-order valence-corrected chi connectivity index (χ2v) is 7.04. The Balaban J connectivity index is 2.23. The van der Waals surface area contributed by atoms with Crippen molar-refractivity contribution in [2.45, 2.75) is 32.7 Å². The molecule has 1 N–H and O–H groups in total. The number of nitrogens with one attached hydrogen (secondary N) is 1. The number of ether oxygens (including phenoxy) is 1. The van der Waals surface area contributed by atoms with E-state index in [4.69, 9.17) is 9.72 Å². The maximum absolute atomic E-state index is 5.07. The van der Waals surface area contributed by atoms with Gasteiger partial charge in [-0.3, -0.25) is 4.98 Å². The fourth-order valence-electron chi connectivity index (χ4n) is 2.05. The van der Waals surface area contributed by atoms with E-state index < -0.39 is 0 Å². The standard InChI is InChI=1S/C16H23N3OS/c1-16(2,3)14-13(11-18-8-9-20-4)21-15(19-14)12-6-5-7-17-10-12/h5-7,10,18H,8-9,11H2,1-4H3. The third kappa shape index (κ3) is 4.33. The van der Waals surface area contributed by atoms with Gasteiger partial charge in [0, 0.05) is 48.4 Å². The topological polar surface area (TPSA) is 47.0 Å². The van der Waals surface area contributed by atoms with Crippen LogP contribution in [0, 0.1) is 0 Å². The summed E-state index contributed by atoms with van der Waals surface area (Å²) in [5, 5.41) is 4.45. The van der Waals surface area contributed by atoms with E-state index in [0.717, 1.165) is 36.0 Å². The molecule has 0 aliphatic heterocycles. The number of hydrogen-bond acceptors (Lipinski definition) is 5. The van der Waals surface area contributed by atoms with E-state index in [1.54, 1.807) is 24.6 Å². The number of rotatable bonds is 6. The molecule has 0 bridgehead atoms. The molecule has 2 rings (SSSR count). The molecule has 2 aromatic heterocycles. The predicted octanol–water partition coefficient (Wildman–Crippen LogP) is 3.24. The summed E-state index contributed by atoms with van der Waals surface area (Å²) in [4.78, 5) is 10.3. The highest BCUT2D eigenvalue weighted by Gasteiger charge is 2.23. The van der Waals surface area contributed by atoms with Gasteiger partial charge in [-0.15, -0.1) is 11.3 Å². The maximum atomic E-state index is 5.07. The zero-order valence-electron chi connectivity index (χ0n) is 13.1. The van der Waals surface area contributed by atoms with Crippen molar-refractivity contribution >= 4 is 11.3 Å². The number of thiazole rings is 1. The summed E-state index contributed by atoms with van der Waals surface area (Å²) >= 11 is 1.74. The van der Waals surface area contributed by atoms with Gasteiger partial charge in [-0.2, -0.15) is 0 Å². The van der Waals surface area contributed by atoms with Gasteiger partial charge in [-0.25, -0.2) is 4.98 Å². The largest absolute Gasteiger partial charge is 0.383 e. The molecule has 5 heteroatoms. The Hall–Kier alpha value is -1.30. The zero-order chi connectivity index (χ0) is 15.3. The fraction of sp³-hybridized carbons (Fsp3) is 0.500. The van der Waals surface area contributed by atoms with Crippen LogP contribution in [-0.2, 0) is 16.7 Å². The Morgan fingerprint density at radius 2 is 2.14 bits per heavy atom. The molecule has 0 aliphatic rings. The van der Waals surface area contributed by atoms with E-state index in [1.165, 1.54) is 4.88 Å². The van der Waals surface area contributed by atoms with E-state index >= 15 is 0 Å². The normalized spacial score (nSPS) is 11.8. The minimum absolute atomic E-state index is 0.0369. The Kier molecular flexibility index (Phi) is 5.45. The van der Waals surface area contributed by atoms with Crippen LogP contribution in [-0.4, -0.2) is 30.2 Å². The molecule has 0 fully saturated rings. The van der Waals surface area contributed by atoms with Crippen molar-refractivity contribution in [1.29, 1.82) is 0 Å². The SMILES string of the molecule is COCCNCc1sc(-c2cccnc2)nc1C(C)(C)C. The van der Waals surface area contributed by atoms with Gasteiger partial charge in [0.25, 0.3) is 0 Å². The second-order valence-electron chi connectivity index (χ2n) is 5.95. The van der Waals surface area contributed by atoms with Crippen molar-refractivity contribution in [2.24, 2.45) is 0 Å². The molecule has 0 unspecified atom stereocenters. The lowest BCUT2D eigenvalue weighted by molar-refractivity contribution is 0.199. The first-order valence-corrected chi connectivity index (χ1v) is 7.94. The number of pyridine rings is 1. The zero-order valence-corrected chi connectivity index (χ0v) is 14.0. The number of nitrogens with zero attached hydrogens (tertiary/aromatic N) is 2. The number of hydrogen-bond donors (Lipinski definition) is 1. The van der Waals surface area contributed by atoms with Crippen LogP contribution in [0.2, 0.25) is 0 Å². The molecule has 0 aliphatic carbocycles. The first-order valence-electron chi connectivity index (χ1n) is 7.12. The van der Waals surface area contributed by atoms with Crippen LogP contribution >= 0.6 is 11.3 Å². The molecule has 0 saturated carbocycles. The van der Waals surface area contributed by atoms with E-state index in [9.17, 15) is 0 Å². The number of methoxy groups -OCH3 is 1. The maximum Gasteiger partial charge on any atom is 0.125 e. The van der Waals surface area contributed by atoms with Crippen LogP contribution < -0.4 is 5.32 Å². The third-order valence-corrected chi connectivity index (χ3v) is 4.19. The van der Waals surface area contributed by atoms with Crippen molar-refractivity contribution < 1.29 is 4.74 Å². The Morgan fingerprint density at radius 3 is 2.76 bits per heavy atom. The van der Waals surface area contributed by atoms with Gasteiger partial charge in [-0.05, 0) is 12.1 Å². The lowest BCUT2D eigenvalue weighted by Crippen LogP contribution is -2.21. The minimum Gasteiger partial charge on any atom is -0.383 e. The van der Waals surface area contributed by atoms with Gasteiger partial charge in [0.05, 0.1) is 12.3 Å². The van der Waals surface area contributed by atoms with Gasteiger partial charge in [-0.1, -0.05) is 20.8 Å². The summed E-state index contributed by atoms with van der Waals surface area (Å²) in [6.45, 7) is 9.00. The highest BCUT2D eigenvalue weighted by molar-refractivity contribution is 7.15. The molecule has 0 aromatic carbocycles. The van der Waals surface area contributed by atoms with Crippen molar-refractivity contribution in [3.05, 3.63) is 35.1 Å². The Labute approximate surface area is 130 Å². The quantitative estimate of drug-likeness (QED) is 0.832. The molecular formula is C16H23N3OS. The van der Waals surface area contributed by atoms with Crippen LogP contribution in [0.3, 0.4) is 0 Å². The summed E-state index contributed by atoms with van der Waals surface area (Å²) < 4.78 is 5.07. The van der Waals surface area contributed by atoms with Crippen molar-refractivity contribution in [3.63, 3.8) is 0 Å². The van der Waals surface area contributed by atoms with Crippen LogP contribution in [0.4, 0.5) is 0 Å².